The molecule has 1 aromatic rings. The van der Waals surface area contributed by atoms with Gasteiger partial charge in [0.15, 0.2) is 0 Å². The summed E-state index contributed by atoms with van der Waals surface area (Å²) >= 11 is 0. The van der Waals surface area contributed by atoms with Gasteiger partial charge in [0.05, 0.1) is 5.60 Å². The van der Waals surface area contributed by atoms with Crippen LogP contribution < -0.4 is 16.0 Å². The molecule has 0 saturated carbocycles. The minimum atomic E-state index is -0.824. The molecule has 4 N–H and O–H groups in total. The lowest BCUT2D eigenvalue weighted by molar-refractivity contribution is 0.0194. The Morgan fingerprint density at radius 2 is 2.00 bits per heavy atom. The van der Waals surface area contributed by atoms with Gasteiger partial charge in [-0.2, -0.15) is 0 Å². The average Bonchev–Trinajstić information content (AvgIpc) is 2.43. The second-order valence-electron chi connectivity index (χ2n) is 6.04. The number of piperidine rings is 1. The predicted octanol–water partition coefficient (Wildman–Crippen LogP) is 1.22. The van der Waals surface area contributed by atoms with Crippen LogP contribution in [0.5, 0.6) is 0 Å². The van der Waals surface area contributed by atoms with Crippen molar-refractivity contribution < 1.29 is 9.90 Å². The maximum atomic E-state index is 11.8. The lowest BCUT2D eigenvalue weighted by Gasteiger charge is -2.32. The molecule has 0 spiro atoms. The van der Waals surface area contributed by atoms with Crippen molar-refractivity contribution in [3.05, 3.63) is 34.9 Å². The molecule has 1 saturated heterocycles. The lowest BCUT2D eigenvalue weighted by atomic mass is 9.94. The fraction of sp³-hybridized carbons (Fsp3) is 0.562. The van der Waals surface area contributed by atoms with Crippen molar-refractivity contribution >= 4 is 6.03 Å². The Balaban J connectivity index is 1.76. The maximum Gasteiger partial charge on any atom is 0.315 e. The largest absolute Gasteiger partial charge is 0.387 e. The summed E-state index contributed by atoms with van der Waals surface area (Å²) in [5.41, 5.74) is 2.64. The Morgan fingerprint density at radius 3 is 2.62 bits per heavy atom. The molecular formula is C16H25N3O2. The first kappa shape index (κ1) is 15.8. The minimum Gasteiger partial charge on any atom is -0.387 e. The zero-order valence-electron chi connectivity index (χ0n) is 12.8. The standard InChI is InChI=1S/C16H25N3O2/c1-12-6-13(2)8-14(7-12)9-18-15(20)19-11-16(21)4-3-5-17-10-16/h6-8,17,21H,3-5,9-11H2,1-2H3,(H2,18,19,20)/t16-/m0/s1. The topological polar surface area (TPSA) is 73.4 Å². The molecular weight excluding hydrogens is 266 g/mol. The summed E-state index contributed by atoms with van der Waals surface area (Å²) < 4.78 is 0. The summed E-state index contributed by atoms with van der Waals surface area (Å²) in [5.74, 6) is 0. The highest BCUT2D eigenvalue weighted by molar-refractivity contribution is 5.73. The van der Waals surface area contributed by atoms with Gasteiger partial charge in [-0.3, -0.25) is 0 Å². The van der Waals surface area contributed by atoms with Crippen LogP contribution in [0.25, 0.3) is 0 Å². The number of aryl methyl sites for hydroxylation is 2. The lowest BCUT2D eigenvalue weighted by Crippen LogP contribution is -2.54. The number of hydrogen-bond acceptors (Lipinski definition) is 3. The molecule has 0 unspecified atom stereocenters. The Hall–Kier alpha value is -1.59. The van der Waals surface area contributed by atoms with Crippen molar-refractivity contribution in [2.75, 3.05) is 19.6 Å². The number of nitrogens with one attached hydrogen (secondary N) is 3. The molecule has 5 nitrogen and oxygen atoms in total. The Morgan fingerprint density at radius 1 is 1.29 bits per heavy atom. The molecule has 2 amide bonds. The Bertz CT molecular complexity index is 476. The van der Waals surface area contributed by atoms with Crippen molar-refractivity contribution in [1.82, 2.24) is 16.0 Å². The molecule has 1 aliphatic rings. The van der Waals surface area contributed by atoms with E-state index in [1.807, 2.05) is 13.8 Å². The van der Waals surface area contributed by atoms with Crippen molar-refractivity contribution in [3.8, 4) is 0 Å². The second-order valence-corrected chi connectivity index (χ2v) is 6.04. The van der Waals surface area contributed by atoms with Crippen LogP contribution in [0, 0.1) is 13.8 Å². The first-order valence-electron chi connectivity index (χ1n) is 7.49. The third-order valence-electron chi connectivity index (χ3n) is 3.76. The van der Waals surface area contributed by atoms with Crippen LogP contribution in [0.15, 0.2) is 18.2 Å². The summed E-state index contributed by atoms with van der Waals surface area (Å²) in [6.45, 7) is 6.32. The normalized spacial score (nSPS) is 21.9. The third-order valence-corrected chi connectivity index (χ3v) is 3.76. The van der Waals surface area contributed by atoms with Gasteiger partial charge in [0, 0.05) is 19.6 Å². The first-order chi connectivity index (χ1) is 9.97. The molecule has 0 aliphatic carbocycles. The number of carbonyl (C=O) groups excluding carboxylic acids is 1. The number of aliphatic hydroxyl groups is 1. The van der Waals surface area contributed by atoms with E-state index >= 15 is 0 Å². The molecule has 0 radical (unpaired) electrons. The number of β-amino-alcohol motifs (C(OH)–C–C–N with tert-alkyl or cyclic N) is 1. The maximum absolute atomic E-state index is 11.8. The molecule has 1 aromatic carbocycles. The number of amides is 2. The van der Waals surface area contributed by atoms with Gasteiger partial charge in [0.2, 0.25) is 0 Å². The smallest absolute Gasteiger partial charge is 0.315 e. The van der Waals surface area contributed by atoms with Gasteiger partial charge >= 0.3 is 6.03 Å². The molecule has 0 bridgehead atoms. The highest BCUT2D eigenvalue weighted by Crippen LogP contribution is 2.14. The highest BCUT2D eigenvalue weighted by atomic mass is 16.3. The fourth-order valence-electron chi connectivity index (χ4n) is 2.76. The van der Waals surface area contributed by atoms with Crippen molar-refractivity contribution in [3.63, 3.8) is 0 Å². The molecule has 1 atom stereocenters. The van der Waals surface area contributed by atoms with E-state index in [-0.39, 0.29) is 12.6 Å². The SMILES string of the molecule is Cc1cc(C)cc(CNC(=O)NC[C@]2(O)CCCNC2)c1. The zero-order valence-corrected chi connectivity index (χ0v) is 12.8. The molecule has 1 heterocycles. The quantitative estimate of drug-likeness (QED) is 0.674. The summed E-state index contributed by atoms with van der Waals surface area (Å²) in [6.07, 6.45) is 1.65. The first-order valence-corrected chi connectivity index (χ1v) is 7.49. The van der Waals surface area contributed by atoms with Gasteiger partial charge in [-0.15, -0.1) is 0 Å². The van der Waals surface area contributed by atoms with E-state index in [0.717, 1.165) is 24.9 Å². The minimum absolute atomic E-state index is 0.242. The van der Waals surface area contributed by atoms with E-state index in [4.69, 9.17) is 0 Å². The van der Waals surface area contributed by atoms with E-state index in [2.05, 4.69) is 34.1 Å². The van der Waals surface area contributed by atoms with Gasteiger partial charge in [0.25, 0.3) is 0 Å². The highest BCUT2D eigenvalue weighted by Gasteiger charge is 2.29. The van der Waals surface area contributed by atoms with Gasteiger partial charge in [-0.1, -0.05) is 29.3 Å². The Labute approximate surface area is 126 Å². The summed E-state index contributed by atoms with van der Waals surface area (Å²) in [5, 5.41) is 19.0. The van der Waals surface area contributed by atoms with Crippen LogP contribution in [0.2, 0.25) is 0 Å². The second kappa shape index (κ2) is 6.91. The molecule has 116 valence electrons. The molecule has 5 heteroatoms. The number of hydrogen-bond donors (Lipinski definition) is 4. The molecule has 1 fully saturated rings. The van der Waals surface area contributed by atoms with E-state index in [1.165, 1.54) is 11.1 Å². The molecule has 2 rings (SSSR count). The number of rotatable bonds is 4. The van der Waals surface area contributed by atoms with Crippen LogP contribution in [-0.2, 0) is 6.54 Å². The van der Waals surface area contributed by atoms with E-state index in [9.17, 15) is 9.90 Å². The van der Waals surface area contributed by atoms with Gasteiger partial charge in [0.1, 0.15) is 0 Å². The monoisotopic (exact) mass is 291 g/mol. The van der Waals surface area contributed by atoms with Crippen molar-refractivity contribution in [1.29, 1.82) is 0 Å². The molecule has 21 heavy (non-hydrogen) atoms. The van der Waals surface area contributed by atoms with Gasteiger partial charge in [-0.25, -0.2) is 4.79 Å². The van der Waals surface area contributed by atoms with Crippen LogP contribution >= 0.6 is 0 Å². The van der Waals surface area contributed by atoms with Gasteiger partial charge in [-0.05, 0) is 38.8 Å². The van der Waals surface area contributed by atoms with Crippen molar-refractivity contribution in [2.24, 2.45) is 0 Å². The predicted molar refractivity (Wildman–Crippen MR) is 83.2 cm³/mol. The molecule has 0 aromatic heterocycles. The average molecular weight is 291 g/mol. The molecule has 1 aliphatic heterocycles. The third kappa shape index (κ3) is 5.02. The number of carbonyl (C=O) groups is 1. The fourth-order valence-corrected chi connectivity index (χ4v) is 2.76. The van der Waals surface area contributed by atoms with Crippen molar-refractivity contribution in [2.45, 2.75) is 38.8 Å². The Kier molecular flexibility index (Phi) is 5.20. The van der Waals surface area contributed by atoms with E-state index < -0.39 is 5.60 Å². The number of benzene rings is 1. The van der Waals surface area contributed by atoms with E-state index in [1.54, 1.807) is 0 Å². The van der Waals surface area contributed by atoms with Crippen LogP contribution in [-0.4, -0.2) is 36.4 Å². The zero-order chi connectivity index (χ0) is 15.3. The van der Waals surface area contributed by atoms with Gasteiger partial charge < -0.3 is 21.1 Å². The van der Waals surface area contributed by atoms with E-state index in [0.29, 0.717) is 13.1 Å². The summed E-state index contributed by atoms with van der Waals surface area (Å²) in [4.78, 5) is 11.8. The summed E-state index contributed by atoms with van der Waals surface area (Å²) in [6, 6.07) is 5.99. The van der Waals surface area contributed by atoms with Crippen LogP contribution in [0.4, 0.5) is 4.79 Å². The number of urea groups is 1. The summed E-state index contributed by atoms with van der Waals surface area (Å²) in [7, 11) is 0. The van der Waals surface area contributed by atoms with Crippen LogP contribution in [0.3, 0.4) is 0 Å². The van der Waals surface area contributed by atoms with Crippen LogP contribution in [0.1, 0.15) is 29.5 Å².